The van der Waals surface area contributed by atoms with Crippen molar-refractivity contribution in [3.8, 4) is 0 Å². The van der Waals surface area contributed by atoms with Crippen LogP contribution in [0.2, 0.25) is 5.02 Å². The second-order valence-electron chi connectivity index (χ2n) is 2.68. The average Bonchev–Trinajstić information content (AvgIpc) is 2.31. The lowest BCUT2D eigenvalue weighted by molar-refractivity contribution is 1.59. The molecule has 0 nitrogen and oxygen atoms in total. The minimum Gasteiger partial charge on any atom is -0.143 e. The molecule has 12 heavy (non-hydrogen) atoms. The summed E-state index contributed by atoms with van der Waals surface area (Å²) < 4.78 is 2.48. The molecule has 1 heterocycles. The van der Waals surface area contributed by atoms with Gasteiger partial charge in [-0.3, -0.25) is 0 Å². The normalized spacial score (nSPS) is 10.9. The molecule has 0 unspecified atom stereocenters. The minimum absolute atomic E-state index is 0.871. The van der Waals surface area contributed by atoms with Crippen molar-refractivity contribution in [2.24, 2.45) is 0 Å². The molecule has 2 rings (SSSR count). The van der Waals surface area contributed by atoms with Gasteiger partial charge in [0.1, 0.15) is 0 Å². The van der Waals surface area contributed by atoms with E-state index in [0.717, 1.165) is 5.02 Å². The Morgan fingerprint density at radius 2 is 2.17 bits per heavy atom. The summed E-state index contributed by atoms with van der Waals surface area (Å²) in [5, 5.41) is 4.23. The average molecular weight is 309 g/mol. The summed E-state index contributed by atoms with van der Waals surface area (Å²) in [6.45, 7) is 2.09. The number of thiophene rings is 1. The van der Waals surface area contributed by atoms with E-state index < -0.39 is 0 Å². The highest BCUT2D eigenvalue weighted by atomic mass is 127. The van der Waals surface area contributed by atoms with Crippen molar-refractivity contribution in [1.29, 1.82) is 0 Å². The Morgan fingerprint density at radius 3 is 2.92 bits per heavy atom. The van der Waals surface area contributed by atoms with Crippen LogP contribution in [0.3, 0.4) is 0 Å². The fraction of sp³-hybridized carbons (Fsp3) is 0.111. The fourth-order valence-electron chi connectivity index (χ4n) is 1.24. The third-order valence-electron chi connectivity index (χ3n) is 1.78. The Kier molecular flexibility index (Phi) is 2.31. The predicted molar refractivity (Wildman–Crippen MR) is 64.3 cm³/mol. The van der Waals surface area contributed by atoms with Crippen molar-refractivity contribution in [3.05, 3.63) is 31.7 Å². The summed E-state index contributed by atoms with van der Waals surface area (Å²) >= 11 is 10.1. The Balaban J connectivity index is 2.93. The summed E-state index contributed by atoms with van der Waals surface area (Å²) in [7, 11) is 0. The molecular formula is C9H6ClIS. The zero-order valence-electron chi connectivity index (χ0n) is 6.40. The van der Waals surface area contributed by atoms with Crippen molar-refractivity contribution >= 4 is 55.6 Å². The lowest BCUT2D eigenvalue weighted by Crippen LogP contribution is -1.73. The van der Waals surface area contributed by atoms with Crippen molar-refractivity contribution in [3.63, 3.8) is 0 Å². The Bertz CT molecular complexity index is 433. The molecule has 0 radical (unpaired) electrons. The van der Waals surface area contributed by atoms with Crippen LogP contribution in [0.25, 0.3) is 10.1 Å². The summed E-state index contributed by atoms with van der Waals surface area (Å²) in [4.78, 5) is 0. The standard InChI is InChI=1S/C9H6ClIS/c1-5-4-12-8-3-6(11)2-7(10)9(5)8/h2-4H,1H3. The van der Waals surface area contributed by atoms with Crippen LogP contribution in [0.5, 0.6) is 0 Å². The molecule has 0 saturated carbocycles. The predicted octanol–water partition coefficient (Wildman–Crippen LogP) is 4.47. The molecule has 0 N–H and O–H groups in total. The lowest BCUT2D eigenvalue weighted by atomic mass is 10.2. The summed E-state index contributed by atoms with van der Waals surface area (Å²) in [5.41, 5.74) is 1.27. The van der Waals surface area contributed by atoms with E-state index in [9.17, 15) is 0 Å². The first-order valence-corrected chi connectivity index (χ1v) is 5.85. The van der Waals surface area contributed by atoms with E-state index >= 15 is 0 Å². The summed E-state index contributed by atoms with van der Waals surface area (Å²) in [5.74, 6) is 0. The quantitative estimate of drug-likeness (QED) is 0.630. The maximum atomic E-state index is 6.11. The van der Waals surface area contributed by atoms with Gasteiger partial charge in [0.2, 0.25) is 0 Å². The van der Waals surface area contributed by atoms with Crippen LogP contribution in [-0.4, -0.2) is 0 Å². The molecule has 0 amide bonds. The molecule has 2 aromatic rings. The first kappa shape index (κ1) is 8.78. The van der Waals surface area contributed by atoms with Crippen LogP contribution in [0.15, 0.2) is 17.5 Å². The number of benzene rings is 1. The van der Waals surface area contributed by atoms with Crippen LogP contribution in [0.1, 0.15) is 5.56 Å². The van der Waals surface area contributed by atoms with Crippen LogP contribution in [0, 0.1) is 10.5 Å². The van der Waals surface area contributed by atoms with E-state index in [4.69, 9.17) is 11.6 Å². The van der Waals surface area contributed by atoms with Gasteiger partial charge in [0.15, 0.2) is 0 Å². The monoisotopic (exact) mass is 308 g/mol. The second kappa shape index (κ2) is 3.16. The molecule has 1 aromatic heterocycles. The van der Waals surface area contributed by atoms with E-state index in [-0.39, 0.29) is 0 Å². The largest absolute Gasteiger partial charge is 0.143 e. The third kappa shape index (κ3) is 1.36. The van der Waals surface area contributed by atoms with Crippen LogP contribution in [-0.2, 0) is 0 Å². The van der Waals surface area contributed by atoms with Crippen molar-refractivity contribution in [2.45, 2.75) is 6.92 Å². The second-order valence-corrected chi connectivity index (χ2v) is 5.24. The molecule has 0 atom stereocenters. The van der Waals surface area contributed by atoms with Crippen molar-refractivity contribution in [1.82, 2.24) is 0 Å². The summed E-state index contributed by atoms with van der Waals surface area (Å²) in [6, 6.07) is 4.17. The maximum absolute atomic E-state index is 6.11. The zero-order chi connectivity index (χ0) is 8.72. The van der Waals surface area contributed by atoms with E-state index in [2.05, 4.69) is 41.0 Å². The number of aryl methyl sites for hydroxylation is 1. The van der Waals surface area contributed by atoms with E-state index in [1.807, 2.05) is 6.07 Å². The molecule has 0 fully saturated rings. The Hall–Kier alpha value is 0.200. The minimum atomic E-state index is 0.871. The van der Waals surface area contributed by atoms with Gasteiger partial charge in [-0.25, -0.2) is 0 Å². The Labute approximate surface area is 93.7 Å². The molecular weight excluding hydrogens is 303 g/mol. The van der Waals surface area contributed by atoms with Crippen LogP contribution < -0.4 is 0 Å². The van der Waals surface area contributed by atoms with Gasteiger partial charge in [-0.2, -0.15) is 0 Å². The van der Waals surface area contributed by atoms with Crippen LogP contribution >= 0.6 is 45.5 Å². The SMILES string of the molecule is Cc1csc2cc(I)cc(Cl)c12. The maximum Gasteiger partial charge on any atom is 0.0506 e. The zero-order valence-corrected chi connectivity index (χ0v) is 10.1. The molecule has 0 aliphatic heterocycles. The van der Waals surface area contributed by atoms with Gasteiger partial charge in [0.05, 0.1) is 5.02 Å². The Morgan fingerprint density at radius 1 is 1.42 bits per heavy atom. The summed E-state index contributed by atoms with van der Waals surface area (Å²) in [6.07, 6.45) is 0. The first-order chi connectivity index (χ1) is 5.68. The van der Waals surface area contributed by atoms with E-state index in [0.29, 0.717) is 0 Å². The molecule has 0 spiro atoms. The molecule has 0 aliphatic rings. The highest BCUT2D eigenvalue weighted by Crippen LogP contribution is 2.33. The first-order valence-electron chi connectivity index (χ1n) is 3.51. The van der Waals surface area contributed by atoms with Gasteiger partial charge in [0, 0.05) is 13.7 Å². The van der Waals surface area contributed by atoms with Gasteiger partial charge in [-0.1, -0.05) is 11.6 Å². The van der Waals surface area contributed by atoms with Gasteiger partial charge < -0.3 is 0 Å². The highest BCUT2D eigenvalue weighted by molar-refractivity contribution is 14.1. The number of hydrogen-bond donors (Lipinski definition) is 0. The number of hydrogen-bond acceptors (Lipinski definition) is 1. The van der Waals surface area contributed by atoms with Crippen LogP contribution in [0.4, 0.5) is 0 Å². The van der Waals surface area contributed by atoms with E-state index in [1.54, 1.807) is 11.3 Å². The molecule has 0 bridgehead atoms. The molecule has 3 heteroatoms. The van der Waals surface area contributed by atoms with Crippen molar-refractivity contribution in [2.75, 3.05) is 0 Å². The number of fused-ring (bicyclic) bond motifs is 1. The molecule has 0 saturated heterocycles. The topological polar surface area (TPSA) is 0 Å². The number of rotatable bonds is 0. The van der Waals surface area contributed by atoms with Gasteiger partial charge in [-0.05, 0) is 52.6 Å². The lowest BCUT2D eigenvalue weighted by Gasteiger charge is -1.96. The number of halogens is 2. The molecule has 1 aromatic carbocycles. The third-order valence-corrected chi connectivity index (χ3v) is 3.74. The van der Waals surface area contributed by atoms with E-state index in [1.165, 1.54) is 19.2 Å². The van der Waals surface area contributed by atoms with Gasteiger partial charge in [-0.15, -0.1) is 11.3 Å². The highest BCUT2D eigenvalue weighted by Gasteiger charge is 2.05. The molecule has 0 aliphatic carbocycles. The van der Waals surface area contributed by atoms with Gasteiger partial charge in [0.25, 0.3) is 0 Å². The van der Waals surface area contributed by atoms with Gasteiger partial charge >= 0.3 is 0 Å². The molecule has 62 valence electrons. The van der Waals surface area contributed by atoms with Crippen molar-refractivity contribution < 1.29 is 0 Å². The fourth-order valence-corrected chi connectivity index (χ4v) is 3.68. The smallest absolute Gasteiger partial charge is 0.0506 e.